The summed E-state index contributed by atoms with van der Waals surface area (Å²) in [5.41, 5.74) is 0.810. The average Bonchev–Trinajstić information content (AvgIpc) is 3.04. The van der Waals surface area contributed by atoms with E-state index in [2.05, 4.69) is 29.5 Å². The standard InChI is InChI=1S/C37H59IO7/c1-3-4-5-6-7-8-9-10-11-12-17-30(21-20-29(2)39)26-34(38)37(40)43-28-31-24-32(44-35-18-13-15-22-41-35)27-33(25-31)45-36-19-14-16-23-42-36/h24-25,27,30,34-36H,3-23,26,28H2,1-2H3. The maximum absolute atomic E-state index is 13.1. The van der Waals surface area contributed by atoms with Crippen LogP contribution in [0.4, 0.5) is 0 Å². The highest BCUT2D eigenvalue weighted by atomic mass is 127. The maximum Gasteiger partial charge on any atom is 0.319 e. The first kappa shape index (κ1) is 38.1. The summed E-state index contributed by atoms with van der Waals surface area (Å²) in [6, 6.07) is 5.68. The minimum absolute atomic E-state index is 0.138. The van der Waals surface area contributed by atoms with E-state index < -0.39 is 0 Å². The molecular weight excluding hydrogens is 683 g/mol. The molecule has 2 saturated heterocycles. The molecule has 4 unspecified atom stereocenters. The van der Waals surface area contributed by atoms with Gasteiger partial charge >= 0.3 is 5.97 Å². The van der Waals surface area contributed by atoms with Crippen LogP contribution in [0.2, 0.25) is 0 Å². The Morgan fingerprint density at radius 3 is 1.87 bits per heavy atom. The van der Waals surface area contributed by atoms with Crippen LogP contribution < -0.4 is 9.47 Å². The first-order valence-corrected chi connectivity index (χ1v) is 19.2. The number of carbonyl (C=O) groups is 2. The Labute approximate surface area is 286 Å². The van der Waals surface area contributed by atoms with E-state index in [0.29, 0.717) is 37.1 Å². The third-order valence-corrected chi connectivity index (χ3v) is 9.82. The van der Waals surface area contributed by atoms with Crippen molar-refractivity contribution >= 4 is 34.3 Å². The van der Waals surface area contributed by atoms with Crippen molar-refractivity contribution in [2.45, 2.75) is 165 Å². The van der Waals surface area contributed by atoms with E-state index in [-0.39, 0.29) is 34.9 Å². The SMILES string of the molecule is CCCCCCCCCCCCC(CCC(C)=O)CC(I)C(=O)OCc1cc(OC2CCCCO2)cc(OC2CCCCO2)c1. The zero-order valence-corrected chi connectivity index (χ0v) is 30.2. The molecule has 1 aromatic rings. The van der Waals surface area contributed by atoms with Crippen LogP contribution >= 0.6 is 22.6 Å². The second-order valence-electron chi connectivity index (χ2n) is 13.0. The lowest BCUT2D eigenvalue weighted by molar-refractivity contribution is -0.144. The van der Waals surface area contributed by atoms with Crippen LogP contribution in [-0.2, 0) is 30.4 Å². The minimum atomic E-state index is -0.281. The van der Waals surface area contributed by atoms with Crippen molar-refractivity contribution in [3.63, 3.8) is 0 Å². The Balaban J connectivity index is 1.48. The van der Waals surface area contributed by atoms with Crippen LogP contribution in [0.5, 0.6) is 11.5 Å². The lowest BCUT2D eigenvalue weighted by atomic mass is 9.90. The number of esters is 1. The Morgan fingerprint density at radius 1 is 0.800 bits per heavy atom. The van der Waals surface area contributed by atoms with Gasteiger partial charge in [-0.3, -0.25) is 4.79 Å². The Bertz CT molecular complexity index is 920. The molecule has 4 atom stereocenters. The van der Waals surface area contributed by atoms with Gasteiger partial charge in [0.2, 0.25) is 0 Å². The van der Waals surface area contributed by atoms with E-state index in [4.69, 9.17) is 23.7 Å². The van der Waals surface area contributed by atoms with Crippen LogP contribution in [0, 0.1) is 5.92 Å². The van der Waals surface area contributed by atoms with E-state index >= 15 is 0 Å². The van der Waals surface area contributed by atoms with Crippen molar-refractivity contribution in [2.24, 2.45) is 5.92 Å². The molecular formula is C37H59IO7. The zero-order chi connectivity index (χ0) is 32.1. The monoisotopic (exact) mass is 742 g/mol. The molecule has 2 heterocycles. The van der Waals surface area contributed by atoms with Gasteiger partial charge in [0.1, 0.15) is 27.8 Å². The Morgan fingerprint density at radius 2 is 1.36 bits per heavy atom. The van der Waals surface area contributed by atoms with E-state index in [9.17, 15) is 9.59 Å². The topological polar surface area (TPSA) is 80.3 Å². The highest BCUT2D eigenvalue weighted by Gasteiger charge is 2.23. The number of rotatable bonds is 23. The number of benzene rings is 1. The van der Waals surface area contributed by atoms with Gasteiger partial charge in [-0.05, 0) is 69.1 Å². The van der Waals surface area contributed by atoms with E-state index in [1.807, 2.05) is 18.2 Å². The molecule has 0 amide bonds. The van der Waals surface area contributed by atoms with Crippen molar-refractivity contribution in [3.05, 3.63) is 23.8 Å². The second kappa shape index (κ2) is 23.0. The van der Waals surface area contributed by atoms with Crippen LogP contribution in [0.1, 0.15) is 148 Å². The number of unbranched alkanes of at least 4 members (excludes halogenated alkanes) is 9. The molecule has 256 valence electrons. The van der Waals surface area contributed by atoms with Gasteiger partial charge in [-0.15, -0.1) is 0 Å². The predicted molar refractivity (Wildman–Crippen MR) is 187 cm³/mol. The number of carbonyl (C=O) groups excluding carboxylic acids is 2. The third-order valence-electron chi connectivity index (χ3n) is 8.80. The van der Waals surface area contributed by atoms with E-state index in [0.717, 1.165) is 69.8 Å². The normalized spacial score (nSPS) is 19.9. The first-order valence-electron chi connectivity index (χ1n) is 17.9. The summed E-state index contributed by atoms with van der Waals surface area (Å²) in [5.74, 6) is 1.64. The van der Waals surface area contributed by atoms with Crippen LogP contribution in [0.15, 0.2) is 18.2 Å². The third kappa shape index (κ3) is 16.8. The number of hydrogen-bond acceptors (Lipinski definition) is 7. The maximum atomic E-state index is 13.1. The molecule has 0 bridgehead atoms. The van der Waals surface area contributed by atoms with Gasteiger partial charge in [-0.1, -0.05) is 100 Å². The summed E-state index contributed by atoms with van der Waals surface area (Å²) in [6.45, 7) is 5.45. The molecule has 8 heteroatoms. The number of hydrogen-bond donors (Lipinski definition) is 0. The molecule has 45 heavy (non-hydrogen) atoms. The van der Waals surface area contributed by atoms with Crippen LogP contribution in [0.25, 0.3) is 0 Å². The summed E-state index contributed by atoms with van der Waals surface area (Å²) < 4.78 is 29.4. The fourth-order valence-corrected chi connectivity index (χ4v) is 7.00. The summed E-state index contributed by atoms with van der Waals surface area (Å²) in [6.07, 6.45) is 21.7. The zero-order valence-electron chi connectivity index (χ0n) is 28.0. The predicted octanol–water partition coefficient (Wildman–Crippen LogP) is 10.0. The molecule has 0 N–H and O–H groups in total. The van der Waals surface area contributed by atoms with Crippen LogP contribution in [-0.4, -0.2) is 41.5 Å². The molecule has 0 spiro atoms. The van der Waals surface area contributed by atoms with Gasteiger partial charge in [0.25, 0.3) is 0 Å². The van der Waals surface area contributed by atoms with Gasteiger partial charge in [-0.25, -0.2) is 0 Å². The van der Waals surface area contributed by atoms with Crippen molar-refractivity contribution in [2.75, 3.05) is 13.2 Å². The van der Waals surface area contributed by atoms with Gasteiger partial charge in [0.05, 0.1) is 13.2 Å². The number of alkyl halides is 1. The molecule has 0 radical (unpaired) electrons. The van der Waals surface area contributed by atoms with Crippen molar-refractivity contribution < 1.29 is 33.3 Å². The lowest BCUT2D eigenvalue weighted by Gasteiger charge is -2.26. The van der Waals surface area contributed by atoms with E-state index in [1.165, 1.54) is 57.8 Å². The highest BCUT2D eigenvalue weighted by molar-refractivity contribution is 14.1. The van der Waals surface area contributed by atoms with Crippen molar-refractivity contribution in [3.8, 4) is 11.5 Å². The molecule has 0 aromatic heterocycles. The first-order chi connectivity index (χ1) is 21.9. The van der Waals surface area contributed by atoms with E-state index in [1.54, 1.807) is 6.92 Å². The largest absolute Gasteiger partial charge is 0.465 e. The highest BCUT2D eigenvalue weighted by Crippen LogP contribution is 2.30. The second-order valence-corrected chi connectivity index (χ2v) is 14.5. The van der Waals surface area contributed by atoms with Gasteiger partial charge in [0.15, 0.2) is 12.6 Å². The van der Waals surface area contributed by atoms with Crippen molar-refractivity contribution in [1.82, 2.24) is 0 Å². The molecule has 2 aliphatic rings. The molecule has 0 saturated carbocycles. The summed E-state index contributed by atoms with van der Waals surface area (Å²) in [4.78, 5) is 24.9. The molecule has 1 aromatic carbocycles. The fourth-order valence-electron chi connectivity index (χ4n) is 6.10. The number of halogens is 1. The molecule has 3 rings (SSSR count). The Hall–Kier alpha value is -1.39. The lowest BCUT2D eigenvalue weighted by Crippen LogP contribution is -2.26. The van der Waals surface area contributed by atoms with Gasteiger partial charge < -0.3 is 28.5 Å². The van der Waals surface area contributed by atoms with Gasteiger partial charge in [-0.2, -0.15) is 0 Å². The summed E-state index contributed by atoms with van der Waals surface area (Å²) >= 11 is 2.22. The average molecular weight is 743 g/mol. The number of ether oxygens (including phenoxy) is 5. The molecule has 2 fully saturated rings. The summed E-state index contributed by atoms with van der Waals surface area (Å²) in [7, 11) is 0. The quantitative estimate of drug-likeness (QED) is 0.0478. The molecule has 7 nitrogen and oxygen atoms in total. The number of ketones is 1. The Kier molecular flexibility index (Phi) is 19.5. The van der Waals surface area contributed by atoms with Crippen LogP contribution in [0.3, 0.4) is 0 Å². The summed E-state index contributed by atoms with van der Waals surface area (Å²) in [5, 5.41) is 0. The van der Waals surface area contributed by atoms with Gasteiger partial charge in [0, 0.05) is 25.3 Å². The smallest absolute Gasteiger partial charge is 0.319 e. The molecule has 0 aliphatic carbocycles. The number of Topliss-reactive ketones (excluding diaryl/α,β-unsaturated/α-hetero) is 1. The minimum Gasteiger partial charge on any atom is -0.465 e. The van der Waals surface area contributed by atoms with Crippen molar-refractivity contribution in [1.29, 1.82) is 0 Å². The fraction of sp³-hybridized carbons (Fsp3) is 0.784. The molecule has 2 aliphatic heterocycles.